The highest BCUT2D eigenvalue weighted by Gasteiger charge is 2.10. The minimum Gasteiger partial charge on any atom is -0.494 e. The molecule has 0 aliphatic heterocycles. The Hall–Kier alpha value is -2.69. The molecule has 0 radical (unpaired) electrons. The maximum Gasteiger partial charge on any atom is 0.282 e. The molecule has 0 spiro atoms. The van der Waals surface area contributed by atoms with Crippen LogP contribution in [0, 0.1) is 0 Å². The van der Waals surface area contributed by atoms with E-state index in [2.05, 4.69) is 10.3 Å². The summed E-state index contributed by atoms with van der Waals surface area (Å²) in [6, 6.07) is 14.3. The molecule has 0 N–H and O–H groups in total. The number of nitrogens with zero attached hydrogens (tertiary/aromatic N) is 3. The summed E-state index contributed by atoms with van der Waals surface area (Å²) in [4.78, 5) is 12.4. The van der Waals surface area contributed by atoms with Gasteiger partial charge in [0.15, 0.2) is 0 Å². The number of fused-ring (bicyclic) bond motifs is 1. The van der Waals surface area contributed by atoms with Crippen LogP contribution in [0.1, 0.15) is 0 Å². The number of hydrogen-bond acceptors (Lipinski definition) is 4. The van der Waals surface area contributed by atoms with Gasteiger partial charge in [-0.05, 0) is 24.3 Å². The molecule has 5 nitrogen and oxygen atoms in total. The van der Waals surface area contributed by atoms with Crippen LogP contribution in [-0.4, -0.2) is 22.1 Å². The van der Waals surface area contributed by atoms with E-state index in [-0.39, 0.29) is 5.56 Å². The first-order valence-electron chi connectivity index (χ1n) is 5.79. The fourth-order valence-corrected chi connectivity index (χ4v) is 1.95. The van der Waals surface area contributed by atoms with Gasteiger partial charge >= 0.3 is 0 Å². The quantitative estimate of drug-likeness (QED) is 0.698. The van der Waals surface area contributed by atoms with Crippen molar-refractivity contribution in [1.82, 2.24) is 15.0 Å². The Morgan fingerprint density at radius 1 is 1.05 bits per heavy atom. The van der Waals surface area contributed by atoms with Gasteiger partial charge in [-0.25, -0.2) is 0 Å². The molecule has 1 aromatic heterocycles. The van der Waals surface area contributed by atoms with Crippen molar-refractivity contribution >= 4 is 10.9 Å². The van der Waals surface area contributed by atoms with Crippen LogP contribution >= 0.6 is 0 Å². The molecule has 0 saturated heterocycles. The van der Waals surface area contributed by atoms with Crippen molar-refractivity contribution in [2.45, 2.75) is 0 Å². The summed E-state index contributed by atoms with van der Waals surface area (Å²) in [6.07, 6.45) is 0. The average Bonchev–Trinajstić information content (AvgIpc) is 2.48. The predicted octanol–water partition coefficient (Wildman–Crippen LogP) is 1.79. The van der Waals surface area contributed by atoms with Gasteiger partial charge in [0.25, 0.3) is 5.56 Å². The zero-order valence-electron chi connectivity index (χ0n) is 10.3. The third-order valence-electron chi connectivity index (χ3n) is 2.88. The third-order valence-corrected chi connectivity index (χ3v) is 2.88. The van der Waals surface area contributed by atoms with Crippen LogP contribution in [0.5, 0.6) is 5.75 Å². The first-order valence-corrected chi connectivity index (χ1v) is 5.79. The molecule has 19 heavy (non-hydrogen) atoms. The second kappa shape index (κ2) is 4.53. The van der Waals surface area contributed by atoms with Gasteiger partial charge in [-0.15, -0.1) is 5.10 Å². The van der Waals surface area contributed by atoms with E-state index in [4.69, 9.17) is 4.74 Å². The highest BCUT2D eigenvalue weighted by atomic mass is 16.5. The summed E-state index contributed by atoms with van der Waals surface area (Å²) in [5.41, 5.74) is 0.946. The van der Waals surface area contributed by atoms with E-state index in [0.29, 0.717) is 22.3 Å². The third kappa shape index (κ3) is 1.85. The lowest BCUT2D eigenvalue weighted by atomic mass is 10.2. The molecule has 0 saturated carbocycles. The Morgan fingerprint density at radius 2 is 1.79 bits per heavy atom. The molecule has 2 aromatic carbocycles. The second-order valence-corrected chi connectivity index (χ2v) is 4.00. The zero-order chi connectivity index (χ0) is 13.2. The summed E-state index contributed by atoms with van der Waals surface area (Å²) >= 11 is 0. The fraction of sp³-hybridized carbons (Fsp3) is 0.0714. The van der Waals surface area contributed by atoms with Gasteiger partial charge in [0.05, 0.1) is 12.5 Å². The number of hydrogen-bond donors (Lipinski definition) is 0. The van der Waals surface area contributed by atoms with Gasteiger partial charge in [-0.3, -0.25) is 4.79 Å². The molecule has 3 aromatic rings. The van der Waals surface area contributed by atoms with Crippen LogP contribution in [0.15, 0.2) is 53.3 Å². The number of benzene rings is 2. The van der Waals surface area contributed by atoms with Crippen molar-refractivity contribution in [2.24, 2.45) is 0 Å². The molecule has 0 atom stereocenters. The lowest BCUT2D eigenvalue weighted by Crippen LogP contribution is -2.22. The summed E-state index contributed by atoms with van der Waals surface area (Å²) < 4.78 is 6.49. The summed E-state index contributed by atoms with van der Waals surface area (Å²) in [5.74, 6) is 0.578. The number of rotatable bonds is 2. The highest BCUT2D eigenvalue weighted by Crippen LogP contribution is 2.19. The van der Waals surface area contributed by atoms with Crippen LogP contribution in [0.4, 0.5) is 0 Å². The average molecular weight is 253 g/mol. The van der Waals surface area contributed by atoms with Gasteiger partial charge < -0.3 is 4.74 Å². The Labute approximate surface area is 109 Å². The Morgan fingerprint density at radius 3 is 2.63 bits per heavy atom. The van der Waals surface area contributed by atoms with Gasteiger partial charge in [0, 0.05) is 0 Å². The van der Waals surface area contributed by atoms with E-state index < -0.39 is 0 Å². The maximum absolute atomic E-state index is 12.4. The van der Waals surface area contributed by atoms with Gasteiger partial charge in [0.2, 0.25) is 0 Å². The van der Waals surface area contributed by atoms with E-state index >= 15 is 0 Å². The monoisotopic (exact) mass is 253 g/mol. The van der Waals surface area contributed by atoms with Crippen LogP contribution in [0.2, 0.25) is 0 Å². The standard InChI is InChI=1S/C14H11N3O2/c1-19-13-9-5-4-8-12(13)17-14(18)10-6-2-3-7-11(10)15-16-17/h2-9H,1H3. The Bertz CT molecular complexity index is 796. The topological polar surface area (TPSA) is 57.0 Å². The van der Waals surface area contributed by atoms with Crippen LogP contribution < -0.4 is 10.3 Å². The maximum atomic E-state index is 12.4. The van der Waals surface area contributed by atoms with E-state index in [9.17, 15) is 4.79 Å². The van der Waals surface area contributed by atoms with Crippen LogP contribution in [-0.2, 0) is 0 Å². The molecule has 3 rings (SSSR count). The number of aromatic nitrogens is 3. The SMILES string of the molecule is COc1ccccc1-n1nnc2ccccc2c1=O. The summed E-state index contributed by atoms with van der Waals surface area (Å²) in [7, 11) is 1.55. The van der Waals surface area contributed by atoms with E-state index in [1.54, 1.807) is 37.4 Å². The zero-order valence-corrected chi connectivity index (χ0v) is 10.3. The van der Waals surface area contributed by atoms with E-state index in [0.717, 1.165) is 0 Å². The van der Waals surface area contributed by atoms with Gasteiger partial charge in [-0.1, -0.05) is 29.5 Å². The molecule has 5 heteroatoms. The molecule has 0 aliphatic carbocycles. The van der Waals surface area contributed by atoms with E-state index in [1.807, 2.05) is 18.2 Å². The predicted molar refractivity (Wildman–Crippen MR) is 71.7 cm³/mol. The van der Waals surface area contributed by atoms with E-state index in [1.165, 1.54) is 4.68 Å². The lowest BCUT2D eigenvalue weighted by Gasteiger charge is -2.08. The van der Waals surface area contributed by atoms with Crippen molar-refractivity contribution in [1.29, 1.82) is 0 Å². The van der Waals surface area contributed by atoms with Crippen LogP contribution in [0.25, 0.3) is 16.6 Å². The smallest absolute Gasteiger partial charge is 0.282 e. The van der Waals surface area contributed by atoms with Gasteiger partial charge in [-0.2, -0.15) is 4.68 Å². The lowest BCUT2D eigenvalue weighted by molar-refractivity contribution is 0.410. The molecular weight excluding hydrogens is 242 g/mol. The second-order valence-electron chi connectivity index (χ2n) is 4.00. The minimum atomic E-state index is -0.213. The van der Waals surface area contributed by atoms with Crippen molar-refractivity contribution < 1.29 is 4.74 Å². The van der Waals surface area contributed by atoms with Crippen molar-refractivity contribution in [3.63, 3.8) is 0 Å². The number of para-hydroxylation sites is 2. The number of methoxy groups -OCH3 is 1. The highest BCUT2D eigenvalue weighted by molar-refractivity contribution is 5.76. The number of ether oxygens (including phenoxy) is 1. The molecule has 0 amide bonds. The fourth-order valence-electron chi connectivity index (χ4n) is 1.95. The first kappa shape index (κ1) is 11.4. The van der Waals surface area contributed by atoms with Crippen molar-refractivity contribution in [3.05, 3.63) is 58.9 Å². The molecule has 0 aliphatic rings. The summed E-state index contributed by atoms with van der Waals surface area (Å²) in [5, 5.41) is 8.54. The normalized spacial score (nSPS) is 10.6. The van der Waals surface area contributed by atoms with Crippen LogP contribution in [0.3, 0.4) is 0 Å². The molecule has 1 heterocycles. The largest absolute Gasteiger partial charge is 0.494 e. The first-order chi connectivity index (χ1) is 9.31. The Kier molecular flexibility index (Phi) is 2.72. The molecule has 0 unspecified atom stereocenters. The Balaban J connectivity index is 2.32. The molecule has 94 valence electrons. The molecular formula is C14H11N3O2. The molecule has 0 fully saturated rings. The summed E-state index contributed by atoms with van der Waals surface area (Å²) in [6.45, 7) is 0. The van der Waals surface area contributed by atoms with Crippen molar-refractivity contribution in [2.75, 3.05) is 7.11 Å². The molecule has 0 bridgehead atoms. The van der Waals surface area contributed by atoms with Gasteiger partial charge in [0.1, 0.15) is 17.0 Å². The van der Waals surface area contributed by atoms with Crippen molar-refractivity contribution in [3.8, 4) is 11.4 Å². The minimum absolute atomic E-state index is 0.213.